The molecule has 22 heavy (non-hydrogen) atoms. The molecule has 116 valence electrons. The summed E-state index contributed by atoms with van der Waals surface area (Å²) in [4.78, 5) is 16.3. The van der Waals surface area contributed by atoms with Gasteiger partial charge in [-0.3, -0.25) is 0 Å². The van der Waals surface area contributed by atoms with Gasteiger partial charge < -0.3 is 10.6 Å². The third-order valence-electron chi connectivity index (χ3n) is 4.27. The number of nitrogens with one attached hydrogen (secondary N) is 2. The van der Waals surface area contributed by atoms with Gasteiger partial charge in [0.25, 0.3) is 0 Å². The lowest BCUT2D eigenvalue weighted by atomic mass is 9.82. The van der Waals surface area contributed by atoms with Gasteiger partial charge in [0.2, 0.25) is 0 Å². The van der Waals surface area contributed by atoms with Crippen LogP contribution in [0, 0.1) is 11.8 Å². The van der Waals surface area contributed by atoms with Crippen molar-refractivity contribution in [2.75, 3.05) is 23.7 Å². The number of rotatable bonds is 6. The van der Waals surface area contributed by atoms with E-state index in [1.54, 1.807) is 25.0 Å². The van der Waals surface area contributed by atoms with Crippen molar-refractivity contribution in [2.45, 2.75) is 25.7 Å². The highest BCUT2D eigenvalue weighted by molar-refractivity contribution is 5.32. The summed E-state index contributed by atoms with van der Waals surface area (Å²) in [6.45, 7) is 2.01. The Labute approximate surface area is 130 Å². The highest BCUT2D eigenvalue weighted by atomic mass is 15.0. The summed E-state index contributed by atoms with van der Waals surface area (Å²) in [7, 11) is 0. The first-order valence-corrected chi connectivity index (χ1v) is 7.90. The molecular formula is C16H22N6. The van der Waals surface area contributed by atoms with Crippen molar-refractivity contribution in [3.63, 3.8) is 0 Å². The second kappa shape index (κ2) is 7.68. The molecule has 0 amide bonds. The van der Waals surface area contributed by atoms with Crippen molar-refractivity contribution in [3.8, 4) is 0 Å². The lowest BCUT2D eigenvalue weighted by molar-refractivity contribution is 0.293. The zero-order valence-electron chi connectivity index (χ0n) is 12.7. The highest BCUT2D eigenvalue weighted by Crippen LogP contribution is 2.29. The Kier molecular flexibility index (Phi) is 5.13. The number of nitrogens with zero attached hydrogens (tertiary/aromatic N) is 4. The molecule has 1 fully saturated rings. The standard InChI is InChI=1S/C16H22N6/c1-2-14(10-20-16-6-8-18-12-22-16)4-3-13(1)9-19-15-5-7-17-11-21-15/h5-8,11-14H,1-4,9-10H2,(H,17,19,21)(H,18,20,22). The van der Waals surface area contributed by atoms with Crippen LogP contribution >= 0.6 is 0 Å². The van der Waals surface area contributed by atoms with Gasteiger partial charge >= 0.3 is 0 Å². The molecule has 1 saturated carbocycles. The molecule has 0 aliphatic heterocycles. The molecule has 1 aliphatic rings. The fourth-order valence-corrected chi connectivity index (χ4v) is 2.93. The van der Waals surface area contributed by atoms with E-state index in [9.17, 15) is 0 Å². The number of aromatic nitrogens is 4. The second-order valence-electron chi connectivity index (χ2n) is 5.84. The number of hydrogen-bond acceptors (Lipinski definition) is 6. The fraction of sp³-hybridized carbons (Fsp3) is 0.500. The molecule has 2 N–H and O–H groups in total. The topological polar surface area (TPSA) is 75.6 Å². The van der Waals surface area contributed by atoms with E-state index in [-0.39, 0.29) is 0 Å². The van der Waals surface area contributed by atoms with Crippen LogP contribution in [0.15, 0.2) is 37.2 Å². The molecule has 0 radical (unpaired) electrons. The molecule has 3 rings (SSSR count). The van der Waals surface area contributed by atoms with Gasteiger partial charge in [0.05, 0.1) is 0 Å². The molecule has 0 bridgehead atoms. The van der Waals surface area contributed by atoms with Gasteiger partial charge in [0, 0.05) is 25.5 Å². The largest absolute Gasteiger partial charge is 0.370 e. The van der Waals surface area contributed by atoms with Crippen LogP contribution in [0.2, 0.25) is 0 Å². The van der Waals surface area contributed by atoms with Crippen LogP contribution in [-0.4, -0.2) is 33.0 Å². The maximum Gasteiger partial charge on any atom is 0.129 e. The van der Waals surface area contributed by atoms with Crippen LogP contribution in [0.5, 0.6) is 0 Å². The van der Waals surface area contributed by atoms with Gasteiger partial charge in [-0.25, -0.2) is 19.9 Å². The van der Waals surface area contributed by atoms with Crippen molar-refractivity contribution in [2.24, 2.45) is 11.8 Å². The lowest BCUT2D eigenvalue weighted by Crippen LogP contribution is -2.25. The SMILES string of the molecule is c1cc(NCC2CCC(CNc3ccncn3)CC2)ncn1. The van der Waals surface area contributed by atoms with Gasteiger partial charge in [-0.05, 0) is 49.7 Å². The summed E-state index contributed by atoms with van der Waals surface area (Å²) in [6, 6.07) is 3.83. The van der Waals surface area contributed by atoms with E-state index in [4.69, 9.17) is 0 Å². The van der Waals surface area contributed by atoms with Crippen LogP contribution in [0.25, 0.3) is 0 Å². The Bertz CT molecular complexity index is 488. The maximum atomic E-state index is 4.20. The molecule has 2 aromatic rings. The molecular weight excluding hydrogens is 276 g/mol. The highest BCUT2D eigenvalue weighted by Gasteiger charge is 2.21. The Morgan fingerprint density at radius 2 is 1.23 bits per heavy atom. The summed E-state index contributed by atoms with van der Waals surface area (Å²) >= 11 is 0. The average Bonchev–Trinajstić information content (AvgIpc) is 2.61. The minimum atomic E-state index is 0.741. The second-order valence-corrected chi connectivity index (χ2v) is 5.84. The first-order valence-electron chi connectivity index (χ1n) is 7.90. The maximum absolute atomic E-state index is 4.20. The van der Waals surface area contributed by atoms with Crippen LogP contribution in [0.4, 0.5) is 11.6 Å². The van der Waals surface area contributed by atoms with Crippen molar-refractivity contribution < 1.29 is 0 Å². The molecule has 6 nitrogen and oxygen atoms in total. The van der Waals surface area contributed by atoms with Gasteiger partial charge in [-0.2, -0.15) is 0 Å². The van der Waals surface area contributed by atoms with Crippen molar-refractivity contribution in [3.05, 3.63) is 37.2 Å². The van der Waals surface area contributed by atoms with E-state index in [0.717, 1.165) is 36.6 Å². The zero-order chi connectivity index (χ0) is 15.0. The van der Waals surface area contributed by atoms with E-state index < -0.39 is 0 Å². The predicted molar refractivity (Wildman–Crippen MR) is 86.5 cm³/mol. The average molecular weight is 298 g/mol. The Hall–Kier alpha value is -2.24. The van der Waals surface area contributed by atoms with Crippen molar-refractivity contribution in [1.29, 1.82) is 0 Å². The normalized spacial score (nSPS) is 21.3. The van der Waals surface area contributed by atoms with E-state index in [1.165, 1.54) is 25.7 Å². The smallest absolute Gasteiger partial charge is 0.129 e. The molecule has 2 aromatic heterocycles. The van der Waals surface area contributed by atoms with E-state index in [2.05, 4.69) is 30.6 Å². The van der Waals surface area contributed by atoms with Gasteiger partial charge in [-0.1, -0.05) is 0 Å². The monoisotopic (exact) mass is 298 g/mol. The van der Waals surface area contributed by atoms with E-state index in [1.807, 2.05) is 12.1 Å². The Morgan fingerprint density at radius 1 is 0.773 bits per heavy atom. The summed E-state index contributed by atoms with van der Waals surface area (Å²) in [6.07, 6.45) is 11.8. The molecule has 1 aliphatic carbocycles. The molecule has 0 unspecified atom stereocenters. The molecule has 0 aromatic carbocycles. The van der Waals surface area contributed by atoms with Crippen molar-refractivity contribution in [1.82, 2.24) is 19.9 Å². The van der Waals surface area contributed by atoms with Crippen molar-refractivity contribution >= 4 is 11.6 Å². The van der Waals surface area contributed by atoms with Gasteiger partial charge in [0.15, 0.2) is 0 Å². The fourth-order valence-electron chi connectivity index (χ4n) is 2.93. The van der Waals surface area contributed by atoms with Crippen LogP contribution in [0.3, 0.4) is 0 Å². The zero-order valence-corrected chi connectivity index (χ0v) is 12.7. The molecule has 0 saturated heterocycles. The van der Waals surface area contributed by atoms with Crippen LogP contribution in [0.1, 0.15) is 25.7 Å². The summed E-state index contributed by atoms with van der Waals surface area (Å²) in [5.41, 5.74) is 0. The lowest BCUT2D eigenvalue weighted by Gasteiger charge is -2.29. The molecule has 0 spiro atoms. The third kappa shape index (κ3) is 4.38. The van der Waals surface area contributed by atoms with Gasteiger partial charge in [0.1, 0.15) is 24.3 Å². The van der Waals surface area contributed by atoms with Crippen LogP contribution < -0.4 is 10.6 Å². The predicted octanol–water partition coefficient (Wildman–Crippen LogP) is 2.60. The first kappa shape index (κ1) is 14.7. The summed E-state index contributed by atoms with van der Waals surface area (Å²) < 4.78 is 0. The Morgan fingerprint density at radius 3 is 1.59 bits per heavy atom. The molecule has 6 heteroatoms. The first-order chi connectivity index (χ1) is 10.9. The molecule has 2 heterocycles. The minimum absolute atomic E-state index is 0.741. The Balaban J connectivity index is 1.35. The number of anilines is 2. The van der Waals surface area contributed by atoms with E-state index in [0.29, 0.717) is 0 Å². The minimum Gasteiger partial charge on any atom is -0.370 e. The van der Waals surface area contributed by atoms with E-state index >= 15 is 0 Å². The number of hydrogen-bond donors (Lipinski definition) is 2. The van der Waals surface area contributed by atoms with Gasteiger partial charge in [-0.15, -0.1) is 0 Å². The quantitative estimate of drug-likeness (QED) is 0.853. The summed E-state index contributed by atoms with van der Waals surface area (Å²) in [5, 5.41) is 6.81. The third-order valence-corrected chi connectivity index (χ3v) is 4.27. The van der Waals surface area contributed by atoms with Crippen LogP contribution in [-0.2, 0) is 0 Å². The molecule has 0 atom stereocenters. The summed E-state index contributed by atoms with van der Waals surface area (Å²) in [5.74, 6) is 3.32.